The quantitative estimate of drug-likeness (QED) is 0.234. The number of nitrogens with one attached hydrogen (secondary N) is 2. The third-order valence-corrected chi connectivity index (χ3v) is 6.53. The second kappa shape index (κ2) is 9.96. The van der Waals surface area contributed by atoms with E-state index in [0.29, 0.717) is 22.2 Å². The van der Waals surface area contributed by atoms with E-state index in [4.69, 9.17) is 15.2 Å². The number of hydrogen-bond donors (Lipinski definition) is 3. The first-order valence-electron chi connectivity index (χ1n) is 11.6. The summed E-state index contributed by atoms with van der Waals surface area (Å²) in [6.45, 7) is 1.69. The molecule has 14 heteroatoms. The number of carbonyl (C=O) groups excluding carboxylic acids is 1. The number of ketones is 1. The Morgan fingerprint density at radius 1 is 1.12 bits per heavy atom. The molecule has 4 N–H and O–H groups in total. The van der Waals surface area contributed by atoms with Crippen LogP contribution in [0.4, 0.5) is 20.3 Å². The first kappa shape index (κ1) is 26.6. The van der Waals surface area contributed by atoms with Crippen LogP contribution in [-0.4, -0.2) is 47.3 Å². The maximum absolute atomic E-state index is 14.0. The molecule has 0 amide bonds. The van der Waals surface area contributed by atoms with Gasteiger partial charge in [0.15, 0.2) is 11.6 Å². The number of nitrogen functional groups attached to an aromatic ring is 1. The minimum atomic E-state index is -3.57. The van der Waals surface area contributed by atoms with Gasteiger partial charge in [0.25, 0.3) is 0 Å². The Bertz CT molecular complexity index is 1880. The highest BCUT2D eigenvalue weighted by molar-refractivity contribution is 7.92. The molecule has 0 aliphatic heterocycles. The predicted molar refractivity (Wildman–Crippen MR) is 144 cm³/mol. The lowest BCUT2D eigenvalue weighted by Gasteiger charge is -2.11. The van der Waals surface area contributed by atoms with Crippen LogP contribution < -0.4 is 19.9 Å². The number of nitrogens with zero attached hydrogens (tertiary/aromatic N) is 3. The zero-order valence-corrected chi connectivity index (χ0v) is 22.1. The number of para-hydroxylation sites is 1. The molecule has 0 bridgehead atoms. The summed E-state index contributed by atoms with van der Waals surface area (Å²) in [4.78, 5) is 20.4. The predicted octanol–water partition coefficient (Wildman–Crippen LogP) is 4.32. The van der Waals surface area contributed by atoms with Crippen LogP contribution in [0, 0.1) is 18.6 Å². The maximum atomic E-state index is 14.0. The highest BCUT2D eigenvalue weighted by Gasteiger charge is 2.22. The summed E-state index contributed by atoms with van der Waals surface area (Å²) >= 11 is 0. The number of hydrogen-bond acceptors (Lipinski definition) is 8. The van der Waals surface area contributed by atoms with Gasteiger partial charge in [-0.05, 0) is 42.8 Å². The SMILES string of the molecule is COc1cc2cc(C(=O)c3cnn(-c4cnc(Oc5c(F)cccc5F)cc4C)c3N)[nH]c2cc1NS(C)(=O)=O. The lowest BCUT2D eigenvalue weighted by Crippen LogP contribution is -2.10. The lowest BCUT2D eigenvalue weighted by molar-refractivity contribution is 0.103. The minimum absolute atomic E-state index is 0.0272. The molecule has 0 saturated carbocycles. The van der Waals surface area contributed by atoms with Gasteiger partial charge in [-0.2, -0.15) is 5.10 Å². The third-order valence-electron chi connectivity index (χ3n) is 5.94. The van der Waals surface area contributed by atoms with Crippen LogP contribution >= 0.6 is 0 Å². The number of pyridine rings is 1. The summed E-state index contributed by atoms with van der Waals surface area (Å²) in [6.07, 6.45) is 3.67. The van der Waals surface area contributed by atoms with Gasteiger partial charge in [-0.15, -0.1) is 0 Å². The zero-order valence-electron chi connectivity index (χ0n) is 21.3. The fraction of sp³-hybridized carbons (Fsp3) is 0.115. The molecule has 0 aliphatic carbocycles. The van der Waals surface area contributed by atoms with E-state index in [0.717, 1.165) is 18.4 Å². The van der Waals surface area contributed by atoms with Crippen LogP contribution in [0.3, 0.4) is 0 Å². The van der Waals surface area contributed by atoms with E-state index < -0.39 is 33.2 Å². The number of carbonyl (C=O) groups is 1. The first-order valence-corrected chi connectivity index (χ1v) is 13.5. The monoisotopic (exact) mass is 568 g/mol. The van der Waals surface area contributed by atoms with Gasteiger partial charge in [0.2, 0.25) is 27.4 Å². The van der Waals surface area contributed by atoms with Gasteiger partial charge in [0.05, 0.1) is 48.4 Å². The molecule has 3 aromatic heterocycles. The number of benzene rings is 2. The molecule has 0 unspecified atom stereocenters. The summed E-state index contributed by atoms with van der Waals surface area (Å²) in [7, 11) is -2.17. The normalized spacial score (nSPS) is 11.5. The van der Waals surface area contributed by atoms with Gasteiger partial charge in [0, 0.05) is 17.0 Å². The van der Waals surface area contributed by atoms with E-state index in [1.54, 1.807) is 19.1 Å². The average Bonchev–Trinajstić information content (AvgIpc) is 3.47. The number of nitrogens with two attached hydrogens (primary N) is 1. The first-order chi connectivity index (χ1) is 18.9. The summed E-state index contributed by atoms with van der Waals surface area (Å²) in [6, 6.07) is 9.51. The van der Waals surface area contributed by atoms with E-state index in [1.807, 2.05) is 0 Å². The topological polar surface area (TPSA) is 154 Å². The fourth-order valence-electron chi connectivity index (χ4n) is 4.09. The summed E-state index contributed by atoms with van der Waals surface area (Å²) in [5, 5.41) is 4.83. The van der Waals surface area contributed by atoms with Crippen LogP contribution in [-0.2, 0) is 10.0 Å². The molecule has 40 heavy (non-hydrogen) atoms. The Morgan fingerprint density at radius 2 is 1.85 bits per heavy atom. The van der Waals surface area contributed by atoms with Gasteiger partial charge in [-0.1, -0.05) is 6.07 Å². The van der Waals surface area contributed by atoms with Crippen LogP contribution in [0.5, 0.6) is 17.4 Å². The number of aromatic nitrogens is 4. The molecule has 2 aromatic carbocycles. The van der Waals surface area contributed by atoms with Crippen LogP contribution in [0.15, 0.2) is 54.9 Å². The van der Waals surface area contributed by atoms with Crippen molar-refractivity contribution < 1.29 is 31.5 Å². The Kier molecular flexibility index (Phi) is 6.63. The van der Waals surface area contributed by atoms with E-state index in [1.165, 1.54) is 42.4 Å². The van der Waals surface area contributed by atoms with Gasteiger partial charge in [0.1, 0.15) is 11.6 Å². The zero-order chi connectivity index (χ0) is 28.8. The molecule has 206 valence electrons. The molecule has 11 nitrogen and oxygen atoms in total. The number of H-pyrrole nitrogens is 1. The van der Waals surface area contributed by atoms with Crippen LogP contribution in [0.25, 0.3) is 16.6 Å². The molecule has 3 heterocycles. The molecule has 0 saturated heterocycles. The Hall–Kier alpha value is -4.98. The second-order valence-electron chi connectivity index (χ2n) is 8.84. The summed E-state index contributed by atoms with van der Waals surface area (Å²) in [5.41, 5.74) is 8.24. The van der Waals surface area contributed by atoms with Crippen molar-refractivity contribution in [2.24, 2.45) is 0 Å². The lowest BCUT2D eigenvalue weighted by atomic mass is 10.1. The highest BCUT2D eigenvalue weighted by Crippen LogP contribution is 2.33. The number of anilines is 2. The number of halogens is 2. The Morgan fingerprint density at radius 3 is 2.50 bits per heavy atom. The number of ether oxygens (including phenoxy) is 2. The van der Waals surface area contributed by atoms with Crippen molar-refractivity contribution in [1.29, 1.82) is 0 Å². The van der Waals surface area contributed by atoms with Crippen LogP contribution in [0.1, 0.15) is 21.6 Å². The highest BCUT2D eigenvalue weighted by atomic mass is 32.2. The molecule has 5 rings (SSSR count). The van der Waals surface area contributed by atoms with Crippen LogP contribution in [0.2, 0.25) is 0 Å². The molecule has 0 spiro atoms. The van der Waals surface area contributed by atoms with Gasteiger partial charge >= 0.3 is 0 Å². The smallest absolute Gasteiger partial charge is 0.229 e. The summed E-state index contributed by atoms with van der Waals surface area (Å²) in [5.74, 6) is -2.54. The van der Waals surface area contributed by atoms with Gasteiger partial charge in [-0.3, -0.25) is 9.52 Å². The summed E-state index contributed by atoms with van der Waals surface area (Å²) < 4.78 is 65.6. The molecule has 0 radical (unpaired) electrons. The average molecular weight is 569 g/mol. The van der Waals surface area contributed by atoms with E-state index in [-0.39, 0.29) is 34.4 Å². The van der Waals surface area contributed by atoms with Crippen molar-refractivity contribution >= 4 is 38.2 Å². The standard InChI is InChI=1S/C26H22F2N6O5S/c1-13-7-23(39-25-16(27)5-4-6-17(25)28)30-12-21(13)34-26(29)15(11-31-34)24(35)20-8-14-9-22(38-2)19(10-18(14)32-20)33-40(3,36)37/h4-12,32-33H,29H2,1-3H3. The Balaban J connectivity index is 1.44. The van der Waals surface area contributed by atoms with E-state index >= 15 is 0 Å². The minimum Gasteiger partial charge on any atom is -0.495 e. The molecule has 5 aromatic rings. The molecule has 0 fully saturated rings. The Labute approximate surface area is 226 Å². The number of fused-ring (bicyclic) bond motifs is 1. The largest absolute Gasteiger partial charge is 0.495 e. The van der Waals surface area contributed by atoms with Gasteiger partial charge < -0.3 is 20.2 Å². The van der Waals surface area contributed by atoms with E-state index in [2.05, 4.69) is 19.8 Å². The molecule has 0 atom stereocenters. The van der Waals surface area contributed by atoms with Crippen molar-refractivity contribution in [2.75, 3.05) is 23.8 Å². The third kappa shape index (κ3) is 5.03. The number of aryl methyl sites for hydroxylation is 1. The molecule has 0 aliphatic rings. The van der Waals surface area contributed by atoms with Crippen molar-refractivity contribution in [1.82, 2.24) is 19.7 Å². The van der Waals surface area contributed by atoms with Crippen molar-refractivity contribution in [3.63, 3.8) is 0 Å². The molecular weight excluding hydrogens is 546 g/mol. The second-order valence-corrected chi connectivity index (χ2v) is 10.6. The van der Waals surface area contributed by atoms with Gasteiger partial charge in [-0.25, -0.2) is 26.9 Å². The fourth-order valence-corrected chi connectivity index (χ4v) is 4.64. The molecular formula is C26H22F2N6O5S. The van der Waals surface area contributed by atoms with E-state index in [9.17, 15) is 22.0 Å². The van der Waals surface area contributed by atoms with Crippen molar-refractivity contribution in [3.8, 4) is 23.1 Å². The number of aromatic amines is 1. The number of sulfonamides is 1. The number of methoxy groups -OCH3 is 1. The van der Waals surface area contributed by atoms with Crippen molar-refractivity contribution in [2.45, 2.75) is 6.92 Å². The van der Waals surface area contributed by atoms with Crippen molar-refractivity contribution in [3.05, 3.63) is 83.3 Å². The number of rotatable bonds is 8. The maximum Gasteiger partial charge on any atom is 0.229 e.